The van der Waals surface area contributed by atoms with Crippen LogP contribution < -0.4 is 56.5 Å². The maximum atomic E-state index is 9.74. The zero-order valence-electron chi connectivity index (χ0n) is 7.92. The third-order valence-electron chi connectivity index (χ3n) is 0.794. The normalized spacial score (nSPS) is 13.6. The summed E-state index contributed by atoms with van der Waals surface area (Å²) in [6.07, 6.45) is -4.71. The van der Waals surface area contributed by atoms with Crippen molar-refractivity contribution in [2.24, 2.45) is 0 Å². The van der Waals surface area contributed by atoms with E-state index in [1.165, 1.54) is 0 Å². The molecule has 0 heterocycles. The third-order valence-corrected chi connectivity index (χ3v) is 0.794. The molecule has 0 amide bonds. The maximum absolute atomic E-state index is 9.74. The van der Waals surface area contributed by atoms with Gasteiger partial charge in [0.05, 0.1) is 5.97 Å². The summed E-state index contributed by atoms with van der Waals surface area (Å²) in [6.45, 7) is 0. The van der Waals surface area contributed by atoms with E-state index in [-0.39, 0.29) is 51.4 Å². The van der Waals surface area contributed by atoms with E-state index in [1.807, 2.05) is 0 Å². The second-order valence-electron chi connectivity index (χ2n) is 2.06. The molecule has 10 nitrogen and oxygen atoms in total. The van der Waals surface area contributed by atoms with Crippen LogP contribution in [0.15, 0.2) is 0 Å². The fraction of sp³-hybridized carbons (Fsp3) is 0.500. The molecule has 0 aliphatic carbocycles. The summed E-state index contributed by atoms with van der Waals surface area (Å²) >= 11 is -5.35. The molecule has 0 rings (SSSR count). The van der Waals surface area contributed by atoms with Crippen molar-refractivity contribution in [1.29, 1.82) is 0 Å². The van der Waals surface area contributed by atoms with Crippen LogP contribution in [0.4, 0.5) is 0 Å². The third kappa shape index (κ3) is 17.4. The summed E-state index contributed by atoms with van der Waals surface area (Å²) in [7, 11) is 0. The predicted octanol–water partition coefficient (Wildman–Crippen LogP) is -8.62. The average molecular weight is 377 g/mol. The molecule has 0 aliphatic rings. The van der Waals surface area contributed by atoms with Gasteiger partial charge in [-0.1, -0.05) is 0 Å². The van der Waals surface area contributed by atoms with Gasteiger partial charge in [0.15, 0.2) is 6.10 Å². The molecule has 0 saturated carbocycles. The Morgan fingerprint density at radius 3 is 1.38 bits per heavy atom. The fourth-order valence-corrected chi connectivity index (χ4v) is 0.264. The van der Waals surface area contributed by atoms with Crippen molar-refractivity contribution in [2.75, 3.05) is 0 Å². The second kappa shape index (κ2) is 9.97. The molecule has 0 radical (unpaired) electrons. The van der Waals surface area contributed by atoms with Crippen molar-refractivity contribution >= 4 is 32.0 Å². The summed E-state index contributed by atoms with van der Waals surface area (Å²) in [5.74, 6) is -3.83. The summed E-state index contributed by atoms with van der Waals surface area (Å²) < 4.78 is 30.8. The SMILES string of the molecule is O=C([O-])C(O)C(O)C(=O)O.[K+].[O]=[Sb]([OH])([OH])[OH]. The number of rotatable bonds is 3. The summed E-state index contributed by atoms with van der Waals surface area (Å²) in [5.41, 5.74) is 0. The van der Waals surface area contributed by atoms with E-state index in [2.05, 4.69) is 0 Å². The van der Waals surface area contributed by atoms with Crippen LogP contribution in [0.25, 0.3) is 0 Å². The van der Waals surface area contributed by atoms with Gasteiger partial charge in [0.25, 0.3) is 0 Å². The molecular formula is C4H8KO10Sb. The zero-order chi connectivity index (χ0) is 12.8. The first-order valence-corrected chi connectivity index (χ1v) is 7.51. The molecule has 0 aliphatic heterocycles. The van der Waals surface area contributed by atoms with Crippen molar-refractivity contribution < 1.29 is 94.6 Å². The van der Waals surface area contributed by atoms with Gasteiger partial charge in [0.1, 0.15) is 6.10 Å². The summed E-state index contributed by atoms with van der Waals surface area (Å²) in [4.78, 5) is 19.4. The minimum atomic E-state index is -5.35. The number of aliphatic hydroxyl groups is 2. The standard InChI is InChI=1S/C4H6O6.K.3H2O.O.Sb/c5-1(3(7)8)2(6)4(9)10;;;;;;/h1-2,5-6H,(H,7,8)(H,9,10);;3*1H2;;/q;+1;;;;;+3/p-4. The van der Waals surface area contributed by atoms with E-state index in [1.54, 1.807) is 0 Å². The molecule has 12 heteroatoms. The molecule has 0 spiro atoms. The number of hydrogen-bond acceptors (Lipinski definition) is 6. The first-order chi connectivity index (χ1) is 6.46. The van der Waals surface area contributed by atoms with Crippen LogP contribution in [0.5, 0.6) is 0 Å². The van der Waals surface area contributed by atoms with Gasteiger partial charge < -0.3 is 25.2 Å². The van der Waals surface area contributed by atoms with Gasteiger partial charge in [-0.15, -0.1) is 0 Å². The van der Waals surface area contributed by atoms with E-state index in [4.69, 9.17) is 28.5 Å². The Morgan fingerprint density at radius 2 is 1.31 bits per heavy atom. The Morgan fingerprint density at radius 1 is 1.06 bits per heavy atom. The van der Waals surface area contributed by atoms with E-state index >= 15 is 0 Å². The van der Waals surface area contributed by atoms with Crippen LogP contribution in [0, 0.1) is 0 Å². The second-order valence-corrected chi connectivity index (χ2v) is 4.99. The van der Waals surface area contributed by atoms with Gasteiger partial charge in [-0.3, -0.25) is 0 Å². The minimum absolute atomic E-state index is 0. The molecule has 0 aromatic heterocycles. The molecule has 0 aromatic rings. The van der Waals surface area contributed by atoms with Crippen LogP contribution >= 0.6 is 0 Å². The monoisotopic (exact) mass is 376 g/mol. The van der Waals surface area contributed by atoms with Crippen molar-refractivity contribution in [3.63, 3.8) is 0 Å². The van der Waals surface area contributed by atoms with Gasteiger partial charge in [-0.2, -0.15) is 0 Å². The number of carbonyl (C=O) groups excluding carboxylic acids is 1. The molecule has 16 heavy (non-hydrogen) atoms. The van der Waals surface area contributed by atoms with Crippen LogP contribution in [-0.4, -0.2) is 69.7 Å². The first-order valence-electron chi connectivity index (χ1n) is 3.05. The number of hydrogen-bond donors (Lipinski definition) is 6. The van der Waals surface area contributed by atoms with E-state index in [9.17, 15) is 14.7 Å². The van der Waals surface area contributed by atoms with Crippen molar-refractivity contribution in [1.82, 2.24) is 0 Å². The zero-order valence-corrected chi connectivity index (χ0v) is 13.6. The Hall–Kier alpha value is 0.995. The number of carbonyl (C=O) groups is 2. The van der Waals surface area contributed by atoms with E-state index in [0.717, 1.165) is 0 Å². The Labute approximate surface area is 137 Å². The number of aliphatic hydroxyl groups excluding tert-OH is 2. The topological polar surface area (TPSA) is 196 Å². The van der Waals surface area contributed by atoms with Gasteiger partial charge in [-0.25, -0.2) is 4.79 Å². The summed E-state index contributed by atoms with van der Waals surface area (Å²) in [6, 6.07) is 0. The van der Waals surface area contributed by atoms with Crippen molar-refractivity contribution in [3.05, 3.63) is 0 Å². The number of aliphatic carboxylic acids is 2. The van der Waals surface area contributed by atoms with Gasteiger partial charge >= 0.3 is 90.6 Å². The molecule has 2 unspecified atom stereocenters. The molecule has 6 N–H and O–H groups in total. The van der Waals surface area contributed by atoms with Gasteiger partial charge in [-0.05, 0) is 0 Å². The fourth-order valence-electron chi connectivity index (χ4n) is 0.264. The molecular weight excluding hydrogens is 369 g/mol. The molecule has 0 fully saturated rings. The van der Waals surface area contributed by atoms with Crippen LogP contribution in [0.1, 0.15) is 0 Å². The molecule has 0 aromatic carbocycles. The Balaban J connectivity index is -0.000000242. The Bertz CT molecular complexity index is 246. The molecule has 0 saturated heterocycles. The van der Waals surface area contributed by atoms with Gasteiger partial charge in [0, 0.05) is 0 Å². The molecule has 2 atom stereocenters. The molecule has 90 valence electrons. The van der Waals surface area contributed by atoms with Crippen LogP contribution in [0.2, 0.25) is 0 Å². The van der Waals surface area contributed by atoms with Crippen molar-refractivity contribution in [3.8, 4) is 0 Å². The predicted molar refractivity (Wildman–Crippen MR) is 37.8 cm³/mol. The molecule has 0 bridgehead atoms. The van der Waals surface area contributed by atoms with Gasteiger partial charge in [0.2, 0.25) is 0 Å². The van der Waals surface area contributed by atoms with Crippen LogP contribution in [0.3, 0.4) is 0 Å². The first kappa shape index (κ1) is 22.2. The Kier molecular flexibility index (Phi) is 13.8. The number of carboxylic acids is 2. The number of carboxylic acid groups (broad SMARTS) is 2. The van der Waals surface area contributed by atoms with E-state index in [0.29, 0.717) is 0 Å². The van der Waals surface area contributed by atoms with Crippen molar-refractivity contribution in [2.45, 2.75) is 12.2 Å². The summed E-state index contributed by atoms with van der Waals surface area (Å²) in [5, 5.41) is 34.1. The van der Waals surface area contributed by atoms with Crippen LogP contribution in [-0.2, 0) is 12.6 Å². The quantitative estimate of drug-likeness (QED) is 0.257. The average Bonchev–Trinajstić information content (AvgIpc) is 1.98. The van der Waals surface area contributed by atoms with E-state index < -0.39 is 44.2 Å².